The lowest BCUT2D eigenvalue weighted by Gasteiger charge is -2.29. The molecule has 0 aromatic carbocycles. The number of hydrogen-bond acceptors (Lipinski definition) is 8. The zero-order chi connectivity index (χ0) is 17.4. The average Bonchev–Trinajstić information content (AvgIpc) is 2.68. The first-order valence-corrected chi connectivity index (χ1v) is 7.47. The van der Waals surface area contributed by atoms with Crippen molar-refractivity contribution in [2.24, 2.45) is 0 Å². The number of fused-ring (bicyclic) bond motifs is 1. The van der Waals surface area contributed by atoms with E-state index in [1.54, 1.807) is 18.7 Å². The third-order valence-corrected chi connectivity index (χ3v) is 3.96. The average molecular weight is 333 g/mol. The summed E-state index contributed by atoms with van der Waals surface area (Å²) in [5.41, 5.74) is -0.0746. The molecule has 0 aliphatic carbocycles. The van der Waals surface area contributed by atoms with Crippen molar-refractivity contribution in [3.8, 4) is 0 Å². The van der Waals surface area contributed by atoms with Crippen LogP contribution in [0.4, 0.5) is 11.5 Å². The second-order valence-electron chi connectivity index (χ2n) is 5.66. The summed E-state index contributed by atoms with van der Waals surface area (Å²) in [6, 6.07) is 0. The maximum absolute atomic E-state index is 12.1. The molecule has 0 unspecified atom stereocenters. The highest BCUT2D eigenvalue weighted by atomic mass is 16.8. The van der Waals surface area contributed by atoms with Gasteiger partial charge in [-0.05, 0) is 20.3 Å². The molecular weight excluding hydrogens is 316 g/mol. The van der Waals surface area contributed by atoms with Crippen LogP contribution < -0.4 is 21.2 Å². The quantitative estimate of drug-likeness (QED) is 0.640. The summed E-state index contributed by atoms with van der Waals surface area (Å²) < 4.78 is 0. The van der Waals surface area contributed by atoms with Crippen molar-refractivity contribution in [2.75, 3.05) is 23.2 Å². The Labute approximate surface area is 136 Å². The number of anilines is 2. The van der Waals surface area contributed by atoms with E-state index in [9.17, 15) is 20.0 Å². The first kappa shape index (κ1) is 16.1. The van der Waals surface area contributed by atoms with Gasteiger partial charge in [0.15, 0.2) is 11.5 Å². The van der Waals surface area contributed by atoms with E-state index in [2.05, 4.69) is 19.9 Å². The van der Waals surface area contributed by atoms with Crippen molar-refractivity contribution in [1.82, 2.24) is 19.9 Å². The van der Waals surface area contributed by atoms with Gasteiger partial charge < -0.3 is 25.3 Å². The zero-order valence-electron chi connectivity index (χ0n) is 13.3. The molecule has 2 aromatic rings. The topological polar surface area (TPSA) is 141 Å². The largest absolute Gasteiger partial charge is 0.733 e. The van der Waals surface area contributed by atoms with E-state index in [-0.39, 0.29) is 11.4 Å². The number of nitrogens with one attached hydrogen (secondary N) is 2. The summed E-state index contributed by atoms with van der Waals surface area (Å²) in [6.45, 7) is 4.09. The lowest BCUT2D eigenvalue weighted by Crippen LogP contribution is -2.33. The van der Waals surface area contributed by atoms with Crippen LogP contribution >= 0.6 is 0 Å². The minimum absolute atomic E-state index is 0.0923. The van der Waals surface area contributed by atoms with Gasteiger partial charge in [-0.3, -0.25) is 14.8 Å². The van der Waals surface area contributed by atoms with Crippen LogP contribution in [0.25, 0.3) is 0 Å². The van der Waals surface area contributed by atoms with Gasteiger partial charge in [0, 0.05) is 25.1 Å². The number of aromatic amines is 2. The van der Waals surface area contributed by atoms with E-state index in [0.29, 0.717) is 48.8 Å². The molecule has 2 aromatic heterocycles. The van der Waals surface area contributed by atoms with Gasteiger partial charge in [-0.1, -0.05) is 0 Å². The molecule has 10 nitrogen and oxygen atoms in total. The van der Waals surface area contributed by atoms with Crippen molar-refractivity contribution in [2.45, 2.75) is 26.7 Å². The van der Waals surface area contributed by atoms with E-state index in [1.165, 1.54) is 0 Å². The van der Waals surface area contributed by atoms with E-state index in [1.807, 2.05) is 0 Å². The third kappa shape index (κ3) is 2.88. The molecule has 0 bridgehead atoms. The van der Waals surface area contributed by atoms with E-state index < -0.39 is 16.5 Å². The van der Waals surface area contributed by atoms with Crippen LogP contribution in [0.1, 0.15) is 22.9 Å². The summed E-state index contributed by atoms with van der Waals surface area (Å²) in [4.78, 5) is 39.4. The minimum atomic E-state index is -0.719. The minimum Gasteiger partial charge on any atom is -0.733 e. The second kappa shape index (κ2) is 6.06. The second-order valence-corrected chi connectivity index (χ2v) is 5.66. The predicted octanol–water partition coefficient (Wildman–Crippen LogP) is -0.231. The van der Waals surface area contributed by atoms with Gasteiger partial charge in [-0.25, -0.2) is 9.97 Å². The molecule has 3 N–H and O–H groups in total. The fraction of sp³-hybridized carbons (Fsp3) is 0.429. The van der Waals surface area contributed by atoms with Crippen molar-refractivity contribution < 1.29 is 5.21 Å². The van der Waals surface area contributed by atoms with Crippen LogP contribution in [0.15, 0.2) is 9.59 Å². The summed E-state index contributed by atoms with van der Waals surface area (Å²) in [6.07, 6.45) is 0.868. The fourth-order valence-electron chi connectivity index (χ4n) is 2.90. The molecule has 0 amide bonds. The number of rotatable bonds is 2. The molecule has 0 fully saturated rings. The lowest BCUT2D eigenvalue weighted by molar-refractivity contribution is 0.295. The predicted molar refractivity (Wildman–Crippen MR) is 86.4 cm³/mol. The maximum Gasteiger partial charge on any atom is 0.278 e. The maximum atomic E-state index is 12.1. The van der Waals surface area contributed by atoms with Gasteiger partial charge in [0.2, 0.25) is 0 Å². The lowest BCUT2D eigenvalue weighted by atomic mass is 10.1. The fourth-order valence-corrected chi connectivity index (χ4v) is 2.90. The summed E-state index contributed by atoms with van der Waals surface area (Å²) in [5, 5.41) is 20.1. The van der Waals surface area contributed by atoms with Crippen LogP contribution in [0, 0.1) is 19.1 Å². The van der Waals surface area contributed by atoms with Crippen LogP contribution in [-0.4, -0.2) is 38.2 Å². The van der Waals surface area contributed by atoms with E-state index in [0.717, 1.165) is 0 Å². The Morgan fingerprint density at radius 3 is 2.42 bits per heavy atom. The summed E-state index contributed by atoms with van der Waals surface area (Å²) in [5.74, 6) is 0.961. The molecule has 0 saturated carbocycles. The van der Waals surface area contributed by atoms with Crippen LogP contribution in [0.2, 0.25) is 0 Å². The molecule has 3 rings (SSSR count). The number of nitrogens with zero attached hydrogens (tertiary/aromatic N) is 4. The summed E-state index contributed by atoms with van der Waals surface area (Å²) in [7, 11) is 0. The van der Waals surface area contributed by atoms with E-state index in [4.69, 9.17) is 0 Å². The molecule has 128 valence electrons. The Kier molecular flexibility index (Phi) is 4.08. The molecule has 0 saturated heterocycles. The Hall–Kier alpha value is -2.72. The normalized spacial score (nSPS) is 14.2. The van der Waals surface area contributed by atoms with E-state index >= 15 is 0 Å². The Bertz CT molecular complexity index is 888. The van der Waals surface area contributed by atoms with Crippen molar-refractivity contribution in [1.29, 1.82) is 0 Å². The van der Waals surface area contributed by atoms with Crippen molar-refractivity contribution >= 4 is 11.5 Å². The highest BCUT2D eigenvalue weighted by molar-refractivity contribution is 5.65. The molecule has 0 spiro atoms. The van der Waals surface area contributed by atoms with Crippen LogP contribution in [0.5, 0.6) is 0 Å². The number of H-pyrrole nitrogens is 2. The standard InChI is InChI=1S/C14H17N6O4/c1-7-15-10-4-6-19(5-3-9(10)13(21)17-7)12-11(20(23)24)14(22)18-8(2)16-12/h23H,3-6H2,1-2H3,(H,15,17,21)(H,16,18,22)/q-1. The first-order chi connectivity index (χ1) is 11.4. The monoisotopic (exact) mass is 333 g/mol. The number of aromatic nitrogens is 4. The zero-order valence-corrected chi connectivity index (χ0v) is 13.3. The molecular formula is C14H17N6O4-. The van der Waals surface area contributed by atoms with Gasteiger partial charge >= 0.3 is 0 Å². The molecule has 3 heterocycles. The van der Waals surface area contributed by atoms with Crippen molar-refractivity contribution in [3.05, 3.63) is 48.8 Å². The number of aryl methyl sites for hydroxylation is 2. The van der Waals surface area contributed by atoms with Crippen molar-refractivity contribution in [3.63, 3.8) is 0 Å². The third-order valence-electron chi connectivity index (χ3n) is 3.96. The summed E-state index contributed by atoms with van der Waals surface area (Å²) >= 11 is 0. The SMILES string of the molecule is Cc1nc2c(c(=O)[nH]1)CCN(c1nc(C)[nH]c(=O)c1N([O-])O)CC2. The highest BCUT2D eigenvalue weighted by Crippen LogP contribution is 2.24. The van der Waals surface area contributed by atoms with Gasteiger partial charge in [-0.15, -0.1) is 0 Å². The smallest absolute Gasteiger partial charge is 0.278 e. The molecule has 24 heavy (non-hydrogen) atoms. The molecule has 0 radical (unpaired) electrons. The highest BCUT2D eigenvalue weighted by Gasteiger charge is 2.23. The Morgan fingerprint density at radius 1 is 1.08 bits per heavy atom. The van der Waals surface area contributed by atoms with Gasteiger partial charge in [0.1, 0.15) is 11.6 Å². The Balaban J connectivity index is 2.01. The molecule has 10 heteroatoms. The van der Waals surface area contributed by atoms with Gasteiger partial charge in [0.05, 0.1) is 5.69 Å². The van der Waals surface area contributed by atoms with Crippen LogP contribution in [-0.2, 0) is 12.8 Å². The molecule has 1 aliphatic heterocycles. The van der Waals surface area contributed by atoms with Gasteiger partial charge in [0.25, 0.3) is 11.1 Å². The number of hydrogen-bond donors (Lipinski definition) is 3. The van der Waals surface area contributed by atoms with Crippen LogP contribution in [0.3, 0.4) is 0 Å². The first-order valence-electron chi connectivity index (χ1n) is 7.47. The van der Waals surface area contributed by atoms with Gasteiger partial charge in [-0.2, -0.15) is 0 Å². The Morgan fingerprint density at radius 2 is 1.71 bits per heavy atom. The molecule has 0 atom stereocenters. The molecule has 1 aliphatic rings.